The summed E-state index contributed by atoms with van der Waals surface area (Å²) in [6.07, 6.45) is 0. The van der Waals surface area contributed by atoms with Gasteiger partial charge in [-0.2, -0.15) is 0 Å². The minimum atomic E-state index is -0.246. The molecule has 1 aromatic heterocycles. The highest BCUT2D eigenvalue weighted by molar-refractivity contribution is 6.31. The zero-order valence-electron chi connectivity index (χ0n) is 17.5. The molecule has 0 N–H and O–H groups in total. The van der Waals surface area contributed by atoms with Crippen molar-refractivity contribution >= 4 is 40.2 Å². The molecule has 4 aromatic rings. The van der Waals surface area contributed by atoms with Crippen LogP contribution >= 0.6 is 23.2 Å². The van der Waals surface area contributed by atoms with E-state index in [-0.39, 0.29) is 12.5 Å². The predicted octanol–water partition coefficient (Wildman–Crippen LogP) is 5.99. The lowest BCUT2D eigenvalue weighted by atomic mass is 10.1. The molecule has 6 nitrogen and oxygen atoms in total. The largest absolute Gasteiger partial charge is 0.497 e. The SMILES string of the molecule is COc1ccc(C(=O)N(Cc2cccc(Cl)c2)Cc2nc3cc(Cl)ccc3o2)c(OC)c1. The van der Waals surface area contributed by atoms with Crippen molar-refractivity contribution in [1.29, 1.82) is 0 Å². The molecule has 3 aromatic carbocycles. The number of carbonyl (C=O) groups excluding carboxylic acids is 1. The number of halogens is 2. The highest BCUT2D eigenvalue weighted by atomic mass is 35.5. The number of rotatable bonds is 7. The molecule has 0 aliphatic heterocycles. The van der Waals surface area contributed by atoms with Gasteiger partial charge in [0.05, 0.1) is 26.3 Å². The Morgan fingerprint density at radius 3 is 2.53 bits per heavy atom. The van der Waals surface area contributed by atoms with Crippen molar-refractivity contribution in [3.63, 3.8) is 0 Å². The second-order valence-electron chi connectivity index (χ2n) is 7.08. The summed E-state index contributed by atoms with van der Waals surface area (Å²) in [5.41, 5.74) is 2.50. The van der Waals surface area contributed by atoms with Crippen molar-refractivity contribution in [2.24, 2.45) is 0 Å². The van der Waals surface area contributed by atoms with E-state index in [9.17, 15) is 4.79 Å². The number of aromatic nitrogens is 1. The van der Waals surface area contributed by atoms with Crippen LogP contribution in [0.1, 0.15) is 21.8 Å². The maximum absolute atomic E-state index is 13.6. The standard InChI is InChI=1S/C24H20Cl2N2O4/c1-30-18-7-8-19(22(12-18)31-2)24(29)28(13-15-4-3-5-16(25)10-15)14-23-27-20-11-17(26)6-9-21(20)32-23/h3-12H,13-14H2,1-2H3. The first-order valence-electron chi connectivity index (χ1n) is 9.77. The molecule has 1 heterocycles. The average Bonchev–Trinajstić information content (AvgIpc) is 3.19. The van der Waals surface area contributed by atoms with Crippen molar-refractivity contribution in [3.8, 4) is 11.5 Å². The molecule has 0 atom stereocenters. The highest BCUT2D eigenvalue weighted by Gasteiger charge is 2.23. The van der Waals surface area contributed by atoms with Gasteiger partial charge >= 0.3 is 0 Å². The van der Waals surface area contributed by atoms with Crippen LogP contribution in [0.25, 0.3) is 11.1 Å². The molecule has 0 saturated carbocycles. The Hall–Kier alpha value is -3.22. The van der Waals surface area contributed by atoms with Gasteiger partial charge in [-0.3, -0.25) is 4.79 Å². The maximum atomic E-state index is 13.6. The topological polar surface area (TPSA) is 64.8 Å². The van der Waals surface area contributed by atoms with Crippen LogP contribution in [-0.4, -0.2) is 30.0 Å². The van der Waals surface area contributed by atoms with Crippen LogP contribution in [0.2, 0.25) is 10.0 Å². The quantitative estimate of drug-likeness (QED) is 0.331. The molecule has 8 heteroatoms. The number of carbonyl (C=O) groups is 1. The predicted molar refractivity (Wildman–Crippen MR) is 124 cm³/mol. The Morgan fingerprint density at radius 2 is 1.78 bits per heavy atom. The van der Waals surface area contributed by atoms with Gasteiger partial charge in [0, 0.05) is 22.7 Å². The van der Waals surface area contributed by atoms with Crippen molar-refractivity contribution in [2.75, 3.05) is 14.2 Å². The van der Waals surface area contributed by atoms with Crippen molar-refractivity contribution in [3.05, 3.63) is 87.7 Å². The minimum Gasteiger partial charge on any atom is -0.497 e. The van der Waals surface area contributed by atoms with E-state index in [2.05, 4.69) is 4.98 Å². The van der Waals surface area contributed by atoms with Gasteiger partial charge in [-0.05, 0) is 48.0 Å². The first-order valence-corrected chi connectivity index (χ1v) is 10.5. The summed E-state index contributed by atoms with van der Waals surface area (Å²) in [4.78, 5) is 19.7. The van der Waals surface area contributed by atoms with Crippen LogP contribution in [0, 0.1) is 0 Å². The number of benzene rings is 3. The average molecular weight is 471 g/mol. The van der Waals surface area contributed by atoms with Gasteiger partial charge in [-0.1, -0.05) is 35.3 Å². The second-order valence-corrected chi connectivity index (χ2v) is 7.95. The molecule has 4 rings (SSSR count). The summed E-state index contributed by atoms with van der Waals surface area (Å²) in [6, 6.07) is 17.6. The third kappa shape index (κ3) is 4.82. The lowest BCUT2D eigenvalue weighted by Crippen LogP contribution is -2.30. The van der Waals surface area contributed by atoms with E-state index in [0.717, 1.165) is 5.56 Å². The third-order valence-electron chi connectivity index (χ3n) is 4.91. The van der Waals surface area contributed by atoms with Gasteiger partial charge in [-0.25, -0.2) is 4.98 Å². The zero-order chi connectivity index (χ0) is 22.7. The number of methoxy groups -OCH3 is 2. The number of oxazole rings is 1. The number of amides is 1. The van der Waals surface area contributed by atoms with E-state index in [0.29, 0.717) is 50.6 Å². The van der Waals surface area contributed by atoms with Crippen LogP contribution in [-0.2, 0) is 13.1 Å². The van der Waals surface area contributed by atoms with Crippen LogP contribution in [0.5, 0.6) is 11.5 Å². The van der Waals surface area contributed by atoms with Gasteiger partial charge in [-0.15, -0.1) is 0 Å². The number of hydrogen-bond donors (Lipinski definition) is 0. The minimum absolute atomic E-state index is 0.146. The van der Waals surface area contributed by atoms with E-state index in [1.165, 1.54) is 7.11 Å². The molecule has 0 bridgehead atoms. The smallest absolute Gasteiger partial charge is 0.258 e. The molecule has 0 fully saturated rings. The van der Waals surface area contributed by atoms with Gasteiger partial charge in [0.15, 0.2) is 5.58 Å². The summed E-state index contributed by atoms with van der Waals surface area (Å²) < 4.78 is 16.5. The van der Waals surface area contributed by atoms with Crippen molar-refractivity contribution < 1.29 is 18.7 Å². The fourth-order valence-corrected chi connectivity index (χ4v) is 3.76. The summed E-state index contributed by atoms with van der Waals surface area (Å²) in [6.45, 7) is 0.445. The molecule has 0 aliphatic carbocycles. The van der Waals surface area contributed by atoms with Crippen LogP contribution in [0.4, 0.5) is 0 Å². The summed E-state index contributed by atoms with van der Waals surface area (Å²) >= 11 is 12.2. The number of nitrogens with zero attached hydrogens (tertiary/aromatic N) is 2. The number of hydrogen-bond acceptors (Lipinski definition) is 5. The van der Waals surface area contributed by atoms with E-state index in [4.69, 9.17) is 37.1 Å². The molecule has 0 saturated heterocycles. The molecular weight excluding hydrogens is 451 g/mol. The zero-order valence-corrected chi connectivity index (χ0v) is 19.0. The molecule has 0 unspecified atom stereocenters. The molecular formula is C24H20Cl2N2O4. The Morgan fingerprint density at radius 1 is 0.969 bits per heavy atom. The fourth-order valence-electron chi connectivity index (χ4n) is 3.38. The summed E-state index contributed by atoms with van der Waals surface area (Å²) in [5, 5.41) is 1.15. The Labute approximate surface area is 195 Å². The normalized spacial score (nSPS) is 10.9. The Bertz CT molecular complexity index is 1270. The number of fused-ring (bicyclic) bond motifs is 1. The van der Waals surface area contributed by atoms with Gasteiger partial charge < -0.3 is 18.8 Å². The molecule has 0 spiro atoms. The van der Waals surface area contributed by atoms with Crippen LogP contribution in [0.15, 0.2) is 65.1 Å². The summed E-state index contributed by atoms with van der Waals surface area (Å²) in [7, 11) is 3.07. The second kappa shape index (κ2) is 9.51. The van der Waals surface area contributed by atoms with Crippen molar-refractivity contribution in [2.45, 2.75) is 13.1 Å². The molecule has 0 radical (unpaired) electrons. The first-order chi connectivity index (χ1) is 15.5. The molecule has 32 heavy (non-hydrogen) atoms. The highest BCUT2D eigenvalue weighted by Crippen LogP contribution is 2.28. The Balaban J connectivity index is 1.70. The third-order valence-corrected chi connectivity index (χ3v) is 5.38. The van der Waals surface area contributed by atoms with Crippen LogP contribution < -0.4 is 9.47 Å². The van der Waals surface area contributed by atoms with E-state index < -0.39 is 0 Å². The molecule has 0 aliphatic rings. The van der Waals surface area contributed by atoms with E-state index in [1.54, 1.807) is 54.5 Å². The van der Waals surface area contributed by atoms with Gasteiger partial charge in [0.25, 0.3) is 5.91 Å². The Kier molecular flexibility index (Phi) is 6.53. The van der Waals surface area contributed by atoms with Crippen molar-refractivity contribution in [1.82, 2.24) is 9.88 Å². The van der Waals surface area contributed by atoms with Gasteiger partial charge in [0.1, 0.15) is 17.0 Å². The van der Waals surface area contributed by atoms with E-state index >= 15 is 0 Å². The fraction of sp³-hybridized carbons (Fsp3) is 0.167. The molecule has 1 amide bonds. The summed E-state index contributed by atoms with van der Waals surface area (Å²) in [5.74, 6) is 1.15. The first kappa shape index (κ1) is 22.0. The van der Waals surface area contributed by atoms with Crippen LogP contribution in [0.3, 0.4) is 0 Å². The lowest BCUT2D eigenvalue weighted by Gasteiger charge is -2.23. The monoisotopic (exact) mass is 470 g/mol. The maximum Gasteiger partial charge on any atom is 0.258 e. The van der Waals surface area contributed by atoms with E-state index in [1.807, 2.05) is 18.2 Å². The van der Waals surface area contributed by atoms with Gasteiger partial charge in [0.2, 0.25) is 5.89 Å². The number of ether oxygens (including phenoxy) is 2. The molecule has 164 valence electrons. The lowest BCUT2D eigenvalue weighted by molar-refractivity contribution is 0.0712.